The molecule has 0 radical (unpaired) electrons. The number of hydrogen-bond acceptors (Lipinski definition) is 2. The van der Waals surface area contributed by atoms with Crippen LogP contribution in [-0.2, 0) is 9.59 Å². The molecule has 1 heterocycles. The number of hydrogen-bond donors (Lipinski definition) is 2. The Morgan fingerprint density at radius 2 is 2.45 bits per heavy atom. The average Bonchev–Trinajstić information content (AvgIpc) is 2.09. The second kappa shape index (κ2) is 2.90. The van der Waals surface area contributed by atoms with Gasteiger partial charge in [-0.05, 0) is 13.3 Å². The molecule has 2 N–H and O–H groups in total. The minimum Gasteiger partial charge on any atom is -0.481 e. The summed E-state index contributed by atoms with van der Waals surface area (Å²) in [5, 5.41) is 11.1. The normalized spacial score (nSPS) is 30.1. The van der Waals surface area contributed by atoms with E-state index < -0.39 is 5.97 Å². The van der Waals surface area contributed by atoms with Crippen molar-refractivity contribution >= 4 is 11.9 Å². The lowest BCUT2D eigenvalue weighted by Crippen LogP contribution is -2.24. The maximum absolute atomic E-state index is 10.9. The molecule has 0 aliphatic carbocycles. The number of aliphatic carboxylic acids is 1. The van der Waals surface area contributed by atoms with Crippen LogP contribution < -0.4 is 5.32 Å². The summed E-state index contributed by atoms with van der Waals surface area (Å²) >= 11 is 0. The van der Waals surface area contributed by atoms with Crippen LogP contribution in [-0.4, -0.2) is 23.0 Å². The first-order valence-electron chi connectivity index (χ1n) is 3.61. The van der Waals surface area contributed by atoms with E-state index in [9.17, 15) is 9.59 Å². The molecule has 0 saturated carbocycles. The molecule has 1 amide bonds. The number of amides is 1. The minimum atomic E-state index is -0.903. The maximum Gasteiger partial charge on any atom is 0.304 e. The standard InChI is InChI=1S/C7H11NO3/c1-4-2-5(3-6(9)10)7(11)8-4/h4-5H,2-3H2,1H3,(H,8,11)(H,9,10). The monoisotopic (exact) mass is 157 g/mol. The van der Waals surface area contributed by atoms with Gasteiger partial charge in [-0.15, -0.1) is 0 Å². The number of carboxylic acids is 1. The van der Waals surface area contributed by atoms with Crippen LogP contribution in [0.2, 0.25) is 0 Å². The number of nitrogens with one attached hydrogen (secondary N) is 1. The topological polar surface area (TPSA) is 66.4 Å². The summed E-state index contributed by atoms with van der Waals surface area (Å²) in [6, 6.07) is 0.131. The van der Waals surface area contributed by atoms with Gasteiger partial charge in [-0.2, -0.15) is 0 Å². The number of carbonyl (C=O) groups excluding carboxylic acids is 1. The fourth-order valence-corrected chi connectivity index (χ4v) is 1.34. The average molecular weight is 157 g/mol. The minimum absolute atomic E-state index is 0.0455. The van der Waals surface area contributed by atoms with E-state index in [1.54, 1.807) is 0 Å². The lowest BCUT2D eigenvalue weighted by molar-refractivity contribution is -0.140. The molecule has 1 aliphatic rings. The third-order valence-corrected chi connectivity index (χ3v) is 1.82. The SMILES string of the molecule is CC1CC(CC(=O)O)C(=O)N1. The van der Waals surface area contributed by atoms with Crippen molar-refractivity contribution < 1.29 is 14.7 Å². The molecule has 4 nitrogen and oxygen atoms in total. The van der Waals surface area contributed by atoms with E-state index in [1.807, 2.05) is 6.92 Å². The maximum atomic E-state index is 10.9. The molecule has 0 spiro atoms. The van der Waals surface area contributed by atoms with Crippen molar-refractivity contribution in [1.29, 1.82) is 0 Å². The van der Waals surface area contributed by atoms with Gasteiger partial charge in [-0.1, -0.05) is 0 Å². The van der Waals surface area contributed by atoms with Crippen molar-refractivity contribution in [3.8, 4) is 0 Å². The predicted molar refractivity (Wildman–Crippen MR) is 38.0 cm³/mol. The zero-order valence-electron chi connectivity index (χ0n) is 6.33. The van der Waals surface area contributed by atoms with Crippen LogP contribution in [0.4, 0.5) is 0 Å². The van der Waals surface area contributed by atoms with Crippen LogP contribution in [0.15, 0.2) is 0 Å². The summed E-state index contributed by atoms with van der Waals surface area (Å²) < 4.78 is 0. The van der Waals surface area contributed by atoms with Crippen LogP contribution in [0, 0.1) is 5.92 Å². The molecule has 1 fully saturated rings. The molecule has 4 heteroatoms. The van der Waals surface area contributed by atoms with Gasteiger partial charge in [0.15, 0.2) is 0 Å². The Hall–Kier alpha value is -1.06. The zero-order valence-corrected chi connectivity index (χ0v) is 6.33. The smallest absolute Gasteiger partial charge is 0.304 e. The highest BCUT2D eigenvalue weighted by atomic mass is 16.4. The van der Waals surface area contributed by atoms with Gasteiger partial charge < -0.3 is 10.4 Å². The van der Waals surface area contributed by atoms with Crippen LogP contribution >= 0.6 is 0 Å². The zero-order chi connectivity index (χ0) is 8.43. The van der Waals surface area contributed by atoms with E-state index in [0.717, 1.165) is 0 Å². The van der Waals surface area contributed by atoms with E-state index >= 15 is 0 Å². The second-order valence-electron chi connectivity index (χ2n) is 2.94. The molecule has 2 atom stereocenters. The summed E-state index contributed by atoms with van der Waals surface area (Å²) in [4.78, 5) is 21.2. The van der Waals surface area contributed by atoms with Crippen LogP contribution in [0.3, 0.4) is 0 Å². The Balaban J connectivity index is 2.47. The first-order chi connectivity index (χ1) is 5.09. The molecule has 1 aliphatic heterocycles. The molecule has 1 rings (SSSR count). The van der Waals surface area contributed by atoms with E-state index in [-0.39, 0.29) is 24.3 Å². The molecule has 2 unspecified atom stereocenters. The van der Waals surface area contributed by atoms with Gasteiger partial charge in [0, 0.05) is 6.04 Å². The highest BCUT2D eigenvalue weighted by Gasteiger charge is 2.30. The Bertz CT molecular complexity index is 190. The Morgan fingerprint density at radius 3 is 2.82 bits per heavy atom. The Kier molecular flexibility index (Phi) is 2.12. The van der Waals surface area contributed by atoms with Crippen LogP contribution in [0.1, 0.15) is 19.8 Å². The summed E-state index contributed by atoms with van der Waals surface area (Å²) in [7, 11) is 0. The number of rotatable bonds is 2. The third kappa shape index (κ3) is 1.93. The predicted octanol–water partition coefficient (Wildman–Crippen LogP) is -0.0143. The lowest BCUT2D eigenvalue weighted by atomic mass is 10.0. The van der Waals surface area contributed by atoms with Crippen molar-refractivity contribution in [1.82, 2.24) is 5.32 Å². The van der Waals surface area contributed by atoms with Gasteiger partial charge in [-0.3, -0.25) is 9.59 Å². The summed E-state index contributed by atoms with van der Waals surface area (Å²) in [5.74, 6) is -1.35. The first-order valence-corrected chi connectivity index (χ1v) is 3.61. The van der Waals surface area contributed by atoms with Gasteiger partial charge >= 0.3 is 5.97 Å². The molecule has 11 heavy (non-hydrogen) atoms. The van der Waals surface area contributed by atoms with Gasteiger partial charge in [0.1, 0.15) is 0 Å². The lowest BCUT2D eigenvalue weighted by Gasteiger charge is -1.99. The summed E-state index contributed by atoms with van der Waals surface area (Å²) in [6.45, 7) is 1.87. The van der Waals surface area contributed by atoms with E-state index in [4.69, 9.17) is 5.11 Å². The van der Waals surface area contributed by atoms with Gasteiger partial charge in [0.2, 0.25) is 5.91 Å². The molecule has 0 bridgehead atoms. The van der Waals surface area contributed by atoms with Gasteiger partial charge in [0.05, 0.1) is 12.3 Å². The molecule has 0 aromatic heterocycles. The quantitative estimate of drug-likeness (QED) is 0.592. The third-order valence-electron chi connectivity index (χ3n) is 1.82. The molecule has 62 valence electrons. The first kappa shape index (κ1) is 8.04. The number of carbonyl (C=O) groups is 2. The number of carboxylic acid groups (broad SMARTS) is 1. The molecular formula is C7H11NO3. The van der Waals surface area contributed by atoms with Crippen LogP contribution in [0.5, 0.6) is 0 Å². The fourth-order valence-electron chi connectivity index (χ4n) is 1.34. The van der Waals surface area contributed by atoms with E-state index in [0.29, 0.717) is 6.42 Å². The summed E-state index contributed by atoms with van der Waals surface area (Å²) in [5.41, 5.74) is 0. The van der Waals surface area contributed by atoms with Crippen molar-refractivity contribution in [2.45, 2.75) is 25.8 Å². The summed E-state index contributed by atoms with van der Waals surface area (Å²) in [6.07, 6.45) is 0.599. The fraction of sp³-hybridized carbons (Fsp3) is 0.714. The highest BCUT2D eigenvalue weighted by molar-refractivity contribution is 5.85. The molecule has 0 aromatic rings. The van der Waals surface area contributed by atoms with Gasteiger partial charge in [-0.25, -0.2) is 0 Å². The van der Waals surface area contributed by atoms with Crippen LogP contribution in [0.25, 0.3) is 0 Å². The Labute approximate surface area is 64.6 Å². The molecule has 1 saturated heterocycles. The molecular weight excluding hydrogens is 146 g/mol. The van der Waals surface area contributed by atoms with Crippen molar-refractivity contribution in [2.24, 2.45) is 5.92 Å². The van der Waals surface area contributed by atoms with Crippen molar-refractivity contribution in [3.63, 3.8) is 0 Å². The van der Waals surface area contributed by atoms with Crippen molar-refractivity contribution in [2.75, 3.05) is 0 Å². The largest absolute Gasteiger partial charge is 0.481 e. The van der Waals surface area contributed by atoms with Crippen molar-refractivity contribution in [3.05, 3.63) is 0 Å². The highest BCUT2D eigenvalue weighted by Crippen LogP contribution is 2.18. The Morgan fingerprint density at radius 1 is 1.82 bits per heavy atom. The second-order valence-corrected chi connectivity index (χ2v) is 2.94. The van der Waals surface area contributed by atoms with Gasteiger partial charge in [0.25, 0.3) is 0 Å². The van der Waals surface area contributed by atoms with E-state index in [2.05, 4.69) is 5.32 Å². The van der Waals surface area contributed by atoms with E-state index in [1.165, 1.54) is 0 Å². The molecule has 0 aromatic carbocycles.